The lowest BCUT2D eigenvalue weighted by Crippen LogP contribution is -2.24. The molecule has 0 fully saturated rings. The Kier molecular flexibility index (Phi) is 5.30. The first kappa shape index (κ1) is 17.6. The highest BCUT2D eigenvalue weighted by Crippen LogP contribution is 2.15. The Hall–Kier alpha value is -2.74. The summed E-state index contributed by atoms with van der Waals surface area (Å²) in [4.78, 5) is 21.9. The van der Waals surface area contributed by atoms with Crippen LogP contribution in [0.25, 0.3) is 0 Å². The highest BCUT2D eigenvalue weighted by molar-refractivity contribution is 7.91. The van der Waals surface area contributed by atoms with Crippen LogP contribution in [0.3, 0.4) is 0 Å². The lowest BCUT2D eigenvalue weighted by atomic mass is 10.2. The molecular weight excluding hydrogens is 332 g/mol. The van der Waals surface area contributed by atoms with Crippen molar-refractivity contribution in [2.75, 3.05) is 11.1 Å². The van der Waals surface area contributed by atoms with Crippen molar-refractivity contribution in [3.8, 4) is 0 Å². The highest BCUT2D eigenvalue weighted by atomic mass is 32.2. The quantitative estimate of drug-likeness (QED) is 0.637. The van der Waals surface area contributed by atoms with Crippen LogP contribution >= 0.6 is 0 Å². The predicted molar refractivity (Wildman–Crippen MR) is 90.4 cm³/mol. The number of hydrogen-bond acceptors (Lipinski definition) is 5. The van der Waals surface area contributed by atoms with Gasteiger partial charge in [-0.05, 0) is 30.2 Å². The second-order valence-corrected chi connectivity index (χ2v) is 7.44. The molecule has 24 heavy (non-hydrogen) atoms. The Morgan fingerprint density at radius 1 is 1.17 bits per heavy atom. The van der Waals surface area contributed by atoms with Crippen LogP contribution in [0.15, 0.2) is 48.5 Å². The van der Waals surface area contributed by atoms with Gasteiger partial charge in [0.15, 0.2) is 9.84 Å². The van der Waals surface area contributed by atoms with Crippen molar-refractivity contribution in [3.05, 3.63) is 69.8 Å². The standard InChI is InChI=1S/C16H16N2O5S/c1-12-3-2-4-14(9-12)17-16(19)11-24(22,23)10-13-5-7-15(8-6-13)18(20)21/h2-9H,10-11H2,1H3,(H,17,19). The van der Waals surface area contributed by atoms with Gasteiger partial charge < -0.3 is 5.32 Å². The minimum Gasteiger partial charge on any atom is -0.325 e. The Bertz CT molecular complexity index is 860. The molecule has 1 amide bonds. The van der Waals surface area contributed by atoms with Crippen LogP contribution in [-0.2, 0) is 20.4 Å². The number of hydrogen-bond donors (Lipinski definition) is 1. The van der Waals surface area contributed by atoms with Gasteiger partial charge in [-0.2, -0.15) is 0 Å². The first-order valence-corrected chi connectivity index (χ1v) is 8.87. The Morgan fingerprint density at radius 3 is 2.42 bits per heavy atom. The number of carbonyl (C=O) groups is 1. The highest BCUT2D eigenvalue weighted by Gasteiger charge is 2.18. The van der Waals surface area contributed by atoms with Crippen LogP contribution in [0.4, 0.5) is 11.4 Å². The van der Waals surface area contributed by atoms with Gasteiger partial charge in [-0.25, -0.2) is 8.42 Å². The third-order valence-corrected chi connectivity index (χ3v) is 4.66. The predicted octanol–water partition coefficient (Wildman–Crippen LogP) is 2.46. The molecule has 2 rings (SSSR count). The molecule has 0 saturated heterocycles. The number of carbonyl (C=O) groups excluding carboxylic acids is 1. The maximum Gasteiger partial charge on any atom is 0.269 e. The number of non-ortho nitro benzene ring substituents is 1. The average molecular weight is 348 g/mol. The maximum absolute atomic E-state index is 12.1. The number of nitro benzene ring substituents is 1. The zero-order valence-electron chi connectivity index (χ0n) is 12.9. The number of nitrogens with zero attached hydrogens (tertiary/aromatic N) is 1. The molecule has 1 N–H and O–H groups in total. The summed E-state index contributed by atoms with van der Waals surface area (Å²) in [6, 6.07) is 12.2. The molecule has 0 atom stereocenters. The molecule has 0 aliphatic heterocycles. The lowest BCUT2D eigenvalue weighted by Gasteiger charge is -2.07. The minimum atomic E-state index is -3.68. The van der Waals surface area contributed by atoms with Crippen molar-refractivity contribution in [2.45, 2.75) is 12.7 Å². The fourth-order valence-electron chi connectivity index (χ4n) is 2.14. The van der Waals surface area contributed by atoms with Gasteiger partial charge in [0.2, 0.25) is 5.91 Å². The number of aryl methyl sites for hydroxylation is 1. The van der Waals surface area contributed by atoms with Crippen LogP contribution in [0.5, 0.6) is 0 Å². The number of sulfone groups is 1. The number of amides is 1. The summed E-state index contributed by atoms with van der Waals surface area (Å²) in [7, 11) is -3.68. The normalized spacial score (nSPS) is 11.0. The van der Waals surface area contributed by atoms with E-state index in [0.717, 1.165) is 5.56 Å². The van der Waals surface area contributed by atoms with Gasteiger partial charge >= 0.3 is 0 Å². The number of nitrogens with one attached hydrogen (secondary N) is 1. The Morgan fingerprint density at radius 2 is 1.83 bits per heavy atom. The summed E-state index contributed by atoms with van der Waals surface area (Å²) in [5, 5.41) is 13.1. The van der Waals surface area contributed by atoms with Gasteiger partial charge in [-0.3, -0.25) is 14.9 Å². The second kappa shape index (κ2) is 7.22. The molecular formula is C16H16N2O5S. The molecule has 0 bridgehead atoms. The van der Waals surface area contributed by atoms with E-state index in [1.807, 2.05) is 13.0 Å². The van der Waals surface area contributed by atoms with Crippen LogP contribution in [-0.4, -0.2) is 25.0 Å². The largest absolute Gasteiger partial charge is 0.325 e. The van der Waals surface area contributed by atoms with Gasteiger partial charge in [0.25, 0.3) is 5.69 Å². The maximum atomic E-state index is 12.1. The van der Waals surface area contributed by atoms with E-state index >= 15 is 0 Å². The number of anilines is 1. The van der Waals surface area contributed by atoms with E-state index in [9.17, 15) is 23.3 Å². The van der Waals surface area contributed by atoms with Gasteiger partial charge in [-0.15, -0.1) is 0 Å². The zero-order chi connectivity index (χ0) is 17.7. The van der Waals surface area contributed by atoms with Crippen molar-refractivity contribution in [2.24, 2.45) is 0 Å². The van der Waals surface area contributed by atoms with Crippen molar-refractivity contribution >= 4 is 27.1 Å². The summed E-state index contributed by atoms with van der Waals surface area (Å²) >= 11 is 0. The third kappa shape index (κ3) is 5.17. The van der Waals surface area contributed by atoms with E-state index in [2.05, 4.69) is 5.32 Å². The first-order valence-electron chi connectivity index (χ1n) is 7.05. The molecule has 0 spiro atoms. The smallest absolute Gasteiger partial charge is 0.269 e. The zero-order valence-corrected chi connectivity index (χ0v) is 13.7. The molecule has 0 aliphatic rings. The van der Waals surface area contributed by atoms with Crippen molar-refractivity contribution < 1.29 is 18.1 Å². The third-order valence-electron chi connectivity index (χ3n) is 3.19. The Labute approximate surface area is 139 Å². The number of benzene rings is 2. The molecule has 126 valence electrons. The number of rotatable bonds is 6. The summed E-state index contributed by atoms with van der Waals surface area (Å²) < 4.78 is 24.2. The van der Waals surface area contributed by atoms with Crippen LogP contribution < -0.4 is 5.32 Å². The van der Waals surface area contributed by atoms with Crippen molar-refractivity contribution in [1.82, 2.24) is 0 Å². The molecule has 7 nitrogen and oxygen atoms in total. The first-order chi connectivity index (χ1) is 11.2. The van der Waals surface area contributed by atoms with Gasteiger partial charge in [-0.1, -0.05) is 24.3 Å². The topological polar surface area (TPSA) is 106 Å². The number of nitro groups is 1. The van der Waals surface area contributed by atoms with Crippen LogP contribution in [0.2, 0.25) is 0 Å². The molecule has 2 aromatic carbocycles. The summed E-state index contributed by atoms with van der Waals surface area (Å²) in [5.74, 6) is -1.63. The van der Waals surface area contributed by atoms with E-state index in [1.165, 1.54) is 24.3 Å². The Balaban J connectivity index is 1.99. The molecule has 0 radical (unpaired) electrons. The molecule has 2 aromatic rings. The molecule has 0 aromatic heterocycles. The molecule has 0 aliphatic carbocycles. The SMILES string of the molecule is Cc1cccc(NC(=O)CS(=O)(=O)Cc2ccc([N+](=O)[O-])cc2)c1. The second-order valence-electron chi connectivity index (χ2n) is 5.37. The molecule has 0 unspecified atom stereocenters. The van der Waals surface area contributed by atoms with Gasteiger partial charge in [0.05, 0.1) is 10.7 Å². The summed E-state index contributed by atoms with van der Waals surface area (Å²) in [5.41, 5.74) is 1.75. The van der Waals surface area contributed by atoms with Gasteiger partial charge in [0.1, 0.15) is 5.75 Å². The fraction of sp³-hybridized carbons (Fsp3) is 0.188. The van der Waals surface area contributed by atoms with Crippen LogP contribution in [0, 0.1) is 17.0 Å². The molecule has 0 heterocycles. The average Bonchev–Trinajstić information content (AvgIpc) is 2.46. The molecule has 8 heteroatoms. The molecule has 0 saturated carbocycles. The van der Waals surface area contributed by atoms with Crippen LogP contribution in [0.1, 0.15) is 11.1 Å². The van der Waals surface area contributed by atoms with Gasteiger partial charge in [0, 0.05) is 17.8 Å². The van der Waals surface area contributed by atoms with E-state index in [1.54, 1.807) is 18.2 Å². The fourth-order valence-corrected chi connectivity index (χ4v) is 3.41. The van der Waals surface area contributed by atoms with E-state index in [0.29, 0.717) is 11.3 Å². The van der Waals surface area contributed by atoms with E-state index in [4.69, 9.17) is 0 Å². The van der Waals surface area contributed by atoms with Crippen molar-refractivity contribution in [1.29, 1.82) is 0 Å². The summed E-state index contributed by atoms with van der Waals surface area (Å²) in [6.07, 6.45) is 0. The summed E-state index contributed by atoms with van der Waals surface area (Å²) in [6.45, 7) is 1.86. The van der Waals surface area contributed by atoms with E-state index in [-0.39, 0.29) is 11.4 Å². The lowest BCUT2D eigenvalue weighted by molar-refractivity contribution is -0.384. The van der Waals surface area contributed by atoms with E-state index < -0.39 is 26.4 Å². The minimum absolute atomic E-state index is 0.117. The van der Waals surface area contributed by atoms with Crippen molar-refractivity contribution in [3.63, 3.8) is 0 Å². The monoisotopic (exact) mass is 348 g/mol.